The lowest BCUT2D eigenvalue weighted by Crippen LogP contribution is -2.28. The van der Waals surface area contributed by atoms with Crippen molar-refractivity contribution in [1.82, 2.24) is 19.7 Å². The second-order valence-electron chi connectivity index (χ2n) is 5.63. The molecule has 1 amide bonds. The summed E-state index contributed by atoms with van der Waals surface area (Å²) in [6.07, 6.45) is 3.87. The van der Waals surface area contributed by atoms with Crippen molar-refractivity contribution in [3.8, 4) is 5.69 Å². The molecular formula is C17H16BrN5O3. The Bertz CT molecular complexity index is 949. The van der Waals surface area contributed by atoms with E-state index < -0.39 is 4.92 Å². The van der Waals surface area contributed by atoms with E-state index in [4.69, 9.17) is 0 Å². The van der Waals surface area contributed by atoms with Crippen LogP contribution >= 0.6 is 15.9 Å². The van der Waals surface area contributed by atoms with E-state index >= 15 is 0 Å². The third-order valence-corrected chi connectivity index (χ3v) is 4.86. The number of benzene rings is 1. The molecule has 0 unspecified atom stereocenters. The van der Waals surface area contributed by atoms with Gasteiger partial charge in [0, 0.05) is 24.6 Å². The average Bonchev–Trinajstić information content (AvgIpc) is 3.25. The van der Waals surface area contributed by atoms with Gasteiger partial charge in [-0.15, -0.1) is 0 Å². The summed E-state index contributed by atoms with van der Waals surface area (Å²) in [5, 5.41) is 17.6. The van der Waals surface area contributed by atoms with Crippen LogP contribution in [0.4, 0.5) is 5.82 Å². The second kappa shape index (κ2) is 7.52. The van der Waals surface area contributed by atoms with Gasteiger partial charge in [0.25, 0.3) is 0 Å². The Balaban J connectivity index is 1.69. The molecule has 0 aliphatic rings. The maximum Gasteiger partial charge on any atom is 0.404 e. The van der Waals surface area contributed by atoms with Crippen molar-refractivity contribution < 1.29 is 9.72 Å². The largest absolute Gasteiger partial charge is 0.404 e. The van der Waals surface area contributed by atoms with Gasteiger partial charge in [-0.3, -0.25) is 4.79 Å². The van der Waals surface area contributed by atoms with Crippen molar-refractivity contribution in [2.75, 3.05) is 0 Å². The molecule has 2 aromatic heterocycles. The predicted octanol–water partition coefficient (Wildman–Crippen LogP) is 2.97. The van der Waals surface area contributed by atoms with Crippen molar-refractivity contribution >= 4 is 27.7 Å². The fourth-order valence-electron chi connectivity index (χ4n) is 2.57. The highest BCUT2D eigenvalue weighted by molar-refractivity contribution is 9.10. The molecule has 1 aromatic carbocycles. The number of rotatable bonds is 6. The lowest BCUT2D eigenvalue weighted by Gasteiger charge is -2.11. The molecule has 0 radical (unpaired) electrons. The fraction of sp³-hybridized carbons (Fsp3) is 0.176. The Morgan fingerprint density at radius 2 is 1.96 bits per heavy atom. The van der Waals surface area contributed by atoms with Gasteiger partial charge in [-0.25, -0.2) is 0 Å². The number of nitrogens with one attached hydrogen (secondary N) is 1. The van der Waals surface area contributed by atoms with E-state index in [1.807, 2.05) is 53.4 Å². The summed E-state index contributed by atoms with van der Waals surface area (Å²) in [6, 6.07) is 11.6. The van der Waals surface area contributed by atoms with Crippen LogP contribution in [0.25, 0.3) is 5.69 Å². The van der Waals surface area contributed by atoms with Crippen LogP contribution in [0, 0.1) is 17.0 Å². The number of carbonyl (C=O) groups excluding carboxylic acids is 1. The second-order valence-corrected chi connectivity index (χ2v) is 6.43. The molecule has 0 aliphatic heterocycles. The predicted molar refractivity (Wildman–Crippen MR) is 98.9 cm³/mol. The van der Waals surface area contributed by atoms with Crippen LogP contribution in [0.5, 0.6) is 0 Å². The van der Waals surface area contributed by atoms with E-state index in [2.05, 4.69) is 26.3 Å². The molecule has 0 aliphatic carbocycles. The number of carbonyl (C=O) groups is 1. The summed E-state index contributed by atoms with van der Waals surface area (Å²) in [4.78, 5) is 22.6. The maximum absolute atomic E-state index is 12.3. The lowest BCUT2D eigenvalue weighted by atomic mass is 10.1. The first-order valence-electron chi connectivity index (χ1n) is 7.82. The van der Waals surface area contributed by atoms with Crippen molar-refractivity contribution in [3.05, 3.63) is 74.6 Å². The van der Waals surface area contributed by atoms with Gasteiger partial charge >= 0.3 is 5.82 Å². The fourth-order valence-corrected chi connectivity index (χ4v) is 3.00. The van der Waals surface area contributed by atoms with Gasteiger partial charge in [0.05, 0.1) is 10.8 Å². The first-order chi connectivity index (χ1) is 12.5. The number of hydrogen-bond donors (Lipinski definition) is 1. The molecule has 134 valence electrons. The van der Waals surface area contributed by atoms with Crippen LogP contribution in [0.15, 0.2) is 53.3 Å². The van der Waals surface area contributed by atoms with E-state index in [0.717, 1.165) is 11.3 Å². The molecule has 8 nitrogen and oxygen atoms in total. The molecule has 0 atom stereocenters. The highest BCUT2D eigenvalue weighted by Gasteiger charge is 2.24. The summed E-state index contributed by atoms with van der Waals surface area (Å²) in [5.74, 6) is -0.575. The summed E-state index contributed by atoms with van der Waals surface area (Å²) in [7, 11) is 0. The third-order valence-electron chi connectivity index (χ3n) is 3.93. The molecule has 0 spiro atoms. The van der Waals surface area contributed by atoms with Crippen molar-refractivity contribution in [2.24, 2.45) is 0 Å². The van der Waals surface area contributed by atoms with Gasteiger partial charge in [0.1, 0.15) is 11.0 Å². The maximum atomic E-state index is 12.3. The normalized spacial score (nSPS) is 10.7. The van der Waals surface area contributed by atoms with E-state index in [-0.39, 0.29) is 22.7 Å². The van der Waals surface area contributed by atoms with Crippen LogP contribution in [0.2, 0.25) is 0 Å². The Morgan fingerprint density at radius 3 is 2.62 bits per heavy atom. The minimum atomic E-state index is -0.585. The molecular weight excluding hydrogens is 402 g/mol. The third kappa shape index (κ3) is 3.67. The summed E-state index contributed by atoms with van der Waals surface area (Å²) < 4.78 is 3.57. The van der Waals surface area contributed by atoms with Gasteiger partial charge < -0.3 is 20.0 Å². The molecule has 0 fully saturated rings. The van der Waals surface area contributed by atoms with Crippen LogP contribution in [-0.4, -0.2) is 25.2 Å². The number of nitro groups is 1. The molecule has 9 heteroatoms. The van der Waals surface area contributed by atoms with Gasteiger partial charge in [-0.05, 0) is 51.5 Å². The van der Waals surface area contributed by atoms with Crippen LogP contribution < -0.4 is 5.32 Å². The number of amides is 1. The van der Waals surface area contributed by atoms with Gasteiger partial charge in [0.15, 0.2) is 0 Å². The highest BCUT2D eigenvalue weighted by atomic mass is 79.9. The highest BCUT2D eigenvalue weighted by Crippen LogP contribution is 2.26. The first kappa shape index (κ1) is 17.9. The summed E-state index contributed by atoms with van der Waals surface area (Å²) in [6.45, 7) is 1.92. The molecule has 3 aromatic rings. The number of hydrogen-bond acceptors (Lipinski definition) is 4. The molecule has 0 saturated carbocycles. The Kier molecular flexibility index (Phi) is 5.17. The first-order valence-corrected chi connectivity index (χ1v) is 8.62. The smallest absolute Gasteiger partial charge is 0.358 e. The Labute approximate surface area is 157 Å². The average molecular weight is 418 g/mol. The molecule has 2 heterocycles. The SMILES string of the molecule is Cc1c(Br)c([N+](=O)[O-])nn1CC(=O)NCc1ccccc1-n1cccc1. The van der Waals surface area contributed by atoms with E-state index in [1.165, 1.54) is 4.68 Å². The van der Waals surface area contributed by atoms with E-state index in [1.54, 1.807) is 6.92 Å². The molecule has 3 rings (SSSR count). The summed E-state index contributed by atoms with van der Waals surface area (Å²) in [5.41, 5.74) is 2.47. The number of para-hydroxylation sites is 1. The van der Waals surface area contributed by atoms with Gasteiger partial charge in [-0.2, -0.15) is 4.68 Å². The summed E-state index contributed by atoms with van der Waals surface area (Å²) >= 11 is 3.14. The monoisotopic (exact) mass is 417 g/mol. The molecule has 1 N–H and O–H groups in total. The van der Waals surface area contributed by atoms with Gasteiger partial charge in [-0.1, -0.05) is 18.2 Å². The topological polar surface area (TPSA) is 95.0 Å². The van der Waals surface area contributed by atoms with Crippen molar-refractivity contribution in [3.63, 3.8) is 0 Å². The van der Waals surface area contributed by atoms with Crippen LogP contribution in [-0.2, 0) is 17.9 Å². The van der Waals surface area contributed by atoms with Gasteiger partial charge in [0.2, 0.25) is 5.91 Å². The zero-order valence-electron chi connectivity index (χ0n) is 13.9. The zero-order valence-corrected chi connectivity index (χ0v) is 15.5. The van der Waals surface area contributed by atoms with Crippen LogP contribution in [0.3, 0.4) is 0 Å². The number of halogens is 1. The van der Waals surface area contributed by atoms with Crippen LogP contribution in [0.1, 0.15) is 11.3 Å². The standard InChI is InChI=1S/C17H16BrN5O3/c1-12-16(18)17(23(25)26)20-22(12)11-15(24)19-10-13-6-2-3-7-14(13)21-8-4-5-9-21/h2-9H,10-11H2,1H3,(H,19,24). The number of aromatic nitrogens is 3. The van der Waals surface area contributed by atoms with E-state index in [9.17, 15) is 14.9 Å². The lowest BCUT2D eigenvalue weighted by molar-refractivity contribution is -0.390. The van der Waals surface area contributed by atoms with Crippen molar-refractivity contribution in [2.45, 2.75) is 20.0 Å². The quantitative estimate of drug-likeness (QED) is 0.492. The Hall–Kier alpha value is -2.94. The van der Waals surface area contributed by atoms with E-state index in [0.29, 0.717) is 12.2 Å². The number of nitrogens with zero attached hydrogens (tertiary/aromatic N) is 4. The molecule has 26 heavy (non-hydrogen) atoms. The zero-order chi connectivity index (χ0) is 18.7. The minimum absolute atomic E-state index is 0.0933. The van der Waals surface area contributed by atoms with Crippen molar-refractivity contribution in [1.29, 1.82) is 0 Å². The minimum Gasteiger partial charge on any atom is -0.358 e. The molecule has 0 bridgehead atoms. The Morgan fingerprint density at radius 1 is 1.27 bits per heavy atom. The molecule has 0 saturated heterocycles.